The van der Waals surface area contributed by atoms with Gasteiger partial charge < -0.3 is 0 Å². The van der Waals surface area contributed by atoms with Crippen LogP contribution in [0.5, 0.6) is 0 Å². The van der Waals surface area contributed by atoms with Crippen molar-refractivity contribution in [3.63, 3.8) is 0 Å². The predicted octanol–water partition coefficient (Wildman–Crippen LogP) is 7.63. The Bertz CT molecular complexity index is 178. The molecular weight excluding hydrogens is 291 g/mol. The molecule has 0 unspecified atom stereocenters. The minimum absolute atomic E-state index is 1.06. The van der Waals surface area contributed by atoms with Gasteiger partial charge in [0.25, 0.3) is 0 Å². The molecular formula is C16H34Cl2Si. The molecule has 0 amide bonds. The van der Waals surface area contributed by atoms with Crippen LogP contribution in [0.4, 0.5) is 0 Å². The molecule has 0 aromatic carbocycles. The van der Waals surface area contributed by atoms with Gasteiger partial charge in [-0.25, -0.2) is 0 Å². The highest BCUT2D eigenvalue weighted by atomic mass is 35.7. The lowest BCUT2D eigenvalue weighted by molar-refractivity contribution is 0.542. The van der Waals surface area contributed by atoms with Crippen molar-refractivity contribution in [1.82, 2.24) is 0 Å². The summed E-state index contributed by atoms with van der Waals surface area (Å²) in [7, 11) is 0. The predicted molar refractivity (Wildman–Crippen MR) is 93.8 cm³/mol. The quantitative estimate of drug-likeness (QED) is 0.175. The van der Waals surface area contributed by atoms with E-state index in [1.54, 1.807) is 0 Å². The van der Waals surface area contributed by atoms with E-state index in [2.05, 4.69) is 6.92 Å². The maximum atomic E-state index is 6.08. The smallest absolute Gasteiger partial charge is 0.146 e. The first-order valence-corrected chi connectivity index (χ1v) is 13.2. The summed E-state index contributed by atoms with van der Waals surface area (Å²) in [4.78, 5) is 0. The molecule has 0 aliphatic rings. The Kier molecular flexibility index (Phi) is 14.3. The molecule has 0 nitrogen and oxygen atoms in total. The van der Waals surface area contributed by atoms with Gasteiger partial charge in [0.05, 0.1) is 0 Å². The normalized spacial score (nSPS) is 12.0. The zero-order chi connectivity index (χ0) is 14.4. The second-order valence-electron chi connectivity index (χ2n) is 6.06. The molecule has 0 heterocycles. The number of halogens is 2. The standard InChI is InChI=1S/C16H34Cl2Si/c1-3-4-5-6-7-8-9-10-11-12-13-14-15-16-19(2,17)18/h3-16H2,1-2H3. The maximum absolute atomic E-state index is 6.08. The monoisotopic (exact) mass is 324 g/mol. The minimum Gasteiger partial charge on any atom is -0.146 e. The second kappa shape index (κ2) is 13.8. The van der Waals surface area contributed by atoms with Crippen molar-refractivity contribution in [3.05, 3.63) is 0 Å². The molecule has 0 rings (SSSR count). The summed E-state index contributed by atoms with van der Waals surface area (Å²) >= 11 is 12.2. The van der Waals surface area contributed by atoms with Crippen molar-refractivity contribution < 1.29 is 0 Å². The van der Waals surface area contributed by atoms with Crippen molar-refractivity contribution in [2.24, 2.45) is 0 Å². The summed E-state index contributed by atoms with van der Waals surface area (Å²) < 4.78 is 0. The largest absolute Gasteiger partial charge is 0.248 e. The van der Waals surface area contributed by atoms with Crippen LogP contribution in [-0.4, -0.2) is 6.69 Å². The first-order chi connectivity index (χ1) is 9.06. The summed E-state index contributed by atoms with van der Waals surface area (Å²) in [5.74, 6) is 0. The van der Waals surface area contributed by atoms with E-state index in [0.717, 1.165) is 6.04 Å². The van der Waals surface area contributed by atoms with Crippen LogP contribution < -0.4 is 0 Å². The van der Waals surface area contributed by atoms with Crippen molar-refractivity contribution in [2.45, 2.75) is 103 Å². The van der Waals surface area contributed by atoms with E-state index >= 15 is 0 Å². The molecule has 0 fully saturated rings. The molecule has 0 saturated carbocycles. The van der Waals surface area contributed by atoms with Gasteiger partial charge >= 0.3 is 0 Å². The molecule has 116 valence electrons. The van der Waals surface area contributed by atoms with Crippen LogP contribution in [0.25, 0.3) is 0 Å². The molecule has 0 bridgehead atoms. The highest BCUT2D eigenvalue weighted by molar-refractivity contribution is 7.44. The zero-order valence-electron chi connectivity index (χ0n) is 13.2. The first kappa shape index (κ1) is 19.8. The highest BCUT2D eigenvalue weighted by Crippen LogP contribution is 2.23. The van der Waals surface area contributed by atoms with E-state index in [-0.39, 0.29) is 0 Å². The Hall–Kier alpha value is 0.797. The molecule has 0 N–H and O–H groups in total. The molecule has 0 radical (unpaired) electrons. The Morgan fingerprint density at radius 3 is 1.21 bits per heavy atom. The fourth-order valence-corrected chi connectivity index (χ4v) is 4.13. The highest BCUT2D eigenvalue weighted by Gasteiger charge is 2.19. The summed E-state index contributed by atoms with van der Waals surface area (Å²) in [5.41, 5.74) is 0. The molecule has 0 spiro atoms. The lowest BCUT2D eigenvalue weighted by atomic mass is 10.1. The summed E-state index contributed by atoms with van der Waals surface area (Å²) in [6, 6.07) is 1.06. The second-order valence-corrected chi connectivity index (χ2v) is 14.3. The van der Waals surface area contributed by atoms with Gasteiger partial charge in [0, 0.05) is 0 Å². The van der Waals surface area contributed by atoms with Crippen LogP contribution in [0.2, 0.25) is 12.6 Å². The SMILES string of the molecule is CCCCCCCCCCCCCCC[Si](C)(Cl)Cl. The van der Waals surface area contributed by atoms with Crippen molar-refractivity contribution in [1.29, 1.82) is 0 Å². The number of unbranched alkanes of at least 4 members (excludes halogenated alkanes) is 12. The molecule has 0 saturated heterocycles. The van der Waals surface area contributed by atoms with E-state index in [1.807, 2.05) is 6.55 Å². The lowest BCUT2D eigenvalue weighted by Crippen LogP contribution is -2.11. The van der Waals surface area contributed by atoms with Crippen molar-refractivity contribution in [2.75, 3.05) is 0 Å². The maximum Gasteiger partial charge on any atom is 0.248 e. The van der Waals surface area contributed by atoms with Crippen LogP contribution >= 0.6 is 22.2 Å². The summed E-state index contributed by atoms with van der Waals surface area (Å²) in [5, 5.41) is 0. The van der Waals surface area contributed by atoms with Crippen LogP contribution in [0.3, 0.4) is 0 Å². The molecule has 0 aromatic rings. The van der Waals surface area contributed by atoms with Crippen molar-refractivity contribution in [3.8, 4) is 0 Å². The van der Waals surface area contributed by atoms with Gasteiger partial charge in [-0.1, -0.05) is 90.4 Å². The van der Waals surface area contributed by atoms with Gasteiger partial charge in [0.1, 0.15) is 0 Å². The van der Waals surface area contributed by atoms with E-state index in [0.29, 0.717) is 0 Å². The Labute approximate surface area is 132 Å². The lowest BCUT2D eigenvalue weighted by Gasteiger charge is -2.09. The minimum atomic E-state index is -1.81. The van der Waals surface area contributed by atoms with Gasteiger partial charge in [0.2, 0.25) is 6.69 Å². The molecule has 19 heavy (non-hydrogen) atoms. The van der Waals surface area contributed by atoms with Crippen LogP contribution in [-0.2, 0) is 0 Å². The van der Waals surface area contributed by atoms with Gasteiger partial charge in [-0.3, -0.25) is 0 Å². The topological polar surface area (TPSA) is 0 Å². The molecule has 0 aromatic heterocycles. The third kappa shape index (κ3) is 18.8. The summed E-state index contributed by atoms with van der Waals surface area (Å²) in [6.45, 7) is 2.49. The fourth-order valence-electron chi connectivity index (χ4n) is 2.45. The molecule has 0 atom stereocenters. The molecule has 0 aliphatic heterocycles. The average molecular weight is 325 g/mol. The van der Waals surface area contributed by atoms with Crippen LogP contribution in [0.1, 0.15) is 90.4 Å². The fraction of sp³-hybridized carbons (Fsp3) is 1.00. The van der Waals surface area contributed by atoms with Gasteiger partial charge in [-0.2, -0.15) is 0 Å². The van der Waals surface area contributed by atoms with E-state index in [1.165, 1.54) is 83.5 Å². The van der Waals surface area contributed by atoms with Crippen LogP contribution in [0, 0.1) is 0 Å². The van der Waals surface area contributed by atoms with Crippen molar-refractivity contribution >= 4 is 28.9 Å². The number of hydrogen-bond acceptors (Lipinski definition) is 0. The van der Waals surface area contributed by atoms with E-state index < -0.39 is 6.69 Å². The van der Waals surface area contributed by atoms with Gasteiger partial charge in [-0.15, -0.1) is 22.2 Å². The zero-order valence-corrected chi connectivity index (χ0v) is 15.7. The first-order valence-electron chi connectivity index (χ1n) is 8.44. The Balaban J connectivity index is 2.99. The molecule has 3 heteroatoms. The Morgan fingerprint density at radius 1 is 0.579 bits per heavy atom. The number of hydrogen-bond donors (Lipinski definition) is 0. The third-order valence-electron chi connectivity index (χ3n) is 3.72. The van der Waals surface area contributed by atoms with Crippen LogP contribution in [0.15, 0.2) is 0 Å². The number of rotatable bonds is 14. The average Bonchev–Trinajstić information content (AvgIpc) is 2.34. The summed E-state index contributed by atoms with van der Waals surface area (Å²) in [6.07, 6.45) is 18.2. The van der Waals surface area contributed by atoms with Gasteiger partial charge in [0.15, 0.2) is 0 Å². The van der Waals surface area contributed by atoms with Gasteiger partial charge in [-0.05, 0) is 12.6 Å². The van der Waals surface area contributed by atoms with E-state index in [4.69, 9.17) is 22.2 Å². The third-order valence-corrected chi connectivity index (χ3v) is 6.08. The van der Waals surface area contributed by atoms with E-state index in [9.17, 15) is 0 Å². The Morgan fingerprint density at radius 2 is 0.895 bits per heavy atom. The molecule has 0 aliphatic carbocycles.